The van der Waals surface area contributed by atoms with Crippen LogP contribution in [0.25, 0.3) is 11.0 Å². The number of carbonyl (C=O) groups excluding carboxylic acids is 2. The number of aromatic nitrogens is 2. The molecule has 0 fully saturated rings. The Bertz CT molecular complexity index is 1190. The van der Waals surface area contributed by atoms with Crippen LogP contribution in [-0.4, -0.2) is 39.5 Å². The average molecular weight is 436 g/mol. The Balaban J connectivity index is 1.99. The SMILES string of the molecule is CCCCN1C(=O)[C@@H](C(=O)OCC)[C@H](c2cccc([N+](=O)[O-])c2)n2c1nc1ccccc12. The van der Waals surface area contributed by atoms with Crippen LogP contribution in [0.15, 0.2) is 48.5 Å². The number of imidazole rings is 1. The van der Waals surface area contributed by atoms with Crippen molar-refractivity contribution in [3.05, 3.63) is 64.2 Å². The van der Waals surface area contributed by atoms with Crippen molar-refractivity contribution in [2.45, 2.75) is 32.7 Å². The molecule has 1 amide bonds. The van der Waals surface area contributed by atoms with Crippen LogP contribution >= 0.6 is 0 Å². The Morgan fingerprint density at radius 1 is 1.19 bits per heavy atom. The zero-order valence-corrected chi connectivity index (χ0v) is 17.9. The van der Waals surface area contributed by atoms with Gasteiger partial charge in [0.1, 0.15) is 0 Å². The standard InChI is InChI=1S/C23H24N4O5/c1-3-5-13-25-21(28)19(22(29)32-4-2)20(15-9-8-10-16(14-15)27(30)31)26-18-12-7-6-11-17(18)24-23(25)26/h6-12,14,19-20H,3-5,13H2,1-2H3/t19-,20-/m0/s1. The second-order valence-electron chi connectivity index (χ2n) is 7.64. The van der Waals surface area contributed by atoms with Crippen molar-refractivity contribution < 1.29 is 19.2 Å². The first-order valence-electron chi connectivity index (χ1n) is 10.7. The lowest BCUT2D eigenvalue weighted by Crippen LogP contribution is -2.50. The van der Waals surface area contributed by atoms with E-state index in [0.717, 1.165) is 18.4 Å². The van der Waals surface area contributed by atoms with Gasteiger partial charge in [-0.05, 0) is 31.0 Å². The number of carbonyl (C=O) groups is 2. The maximum Gasteiger partial charge on any atom is 0.321 e. The lowest BCUT2D eigenvalue weighted by molar-refractivity contribution is -0.384. The molecule has 9 heteroatoms. The number of amides is 1. The Labute approximate surface area is 184 Å². The number of hydrogen-bond acceptors (Lipinski definition) is 6. The summed E-state index contributed by atoms with van der Waals surface area (Å²) in [5, 5.41) is 11.4. The summed E-state index contributed by atoms with van der Waals surface area (Å²) in [7, 11) is 0. The zero-order valence-electron chi connectivity index (χ0n) is 17.9. The van der Waals surface area contributed by atoms with Gasteiger partial charge >= 0.3 is 5.97 Å². The Morgan fingerprint density at radius 2 is 1.97 bits per heavy atom. The molecular formula is C23H24N4O5. The molecular weight excluding hydrogens is 412 g/mol. The van der Waals surface area contributed by atoms with E-state index < -0.39 is 28.8 Å². The minimum atomic E-state index is -1.18. The van der Waals surface area contributed by atoms with Gasteiger partial charge in [-0.1, -0.05) is 37.6 Å². The number of hydrogen-bond donors (Lipinski definition) is 0. The number of para-hydroxylation sites is 2. The van der Waals surface area contributed by atoms with Gasteiger partial charge in [-0.3, -0.25) is 24.6 Å². The van der Waals surface area contributed by atoms with Crippen molar-refractivity contribution in [1.82, 2.24) is 9.55 Å². The maximum absolute atomic E-state index is 13.6. The summed E-state index contributed by atoms with van der Waals surface area (Å²) in [6, 6.07) is 12.6. The van der Waals surface area contributed by atoms with Gasteiger partial charge in [-0.15, -0.1) is 0 Å². The minimum Gasteiger partial charge on any atom is -0.465 e. The number of ether oxygens (including phenoxy) is 1. The molecule has 166 valence electrons. The molecule has 2 heterocycles. The highest BCUT2D eigenvalue weighted by molar-refractivity contribution is 6.08. The number of unbranched alkanes of at least 4 members (excludes halogenated alkanes) is 1. The molecule has 1 aliphatic rings. The number of nitro benzene ring substituents is 1. The van der Waals surface area contributed by atoms with E-state index >= 15 is 0 Å². The molecule has 4 rings (SSSR count). The van der Waals surface area contributed by atoms with Gasteiger partial charge in [-0.25, -0.2) is 4.98 Å². The minimum absolute atomic E-state index is 0.114. The van der Waals surface area contributed by atoms with Crippen molar-refractivity contribution in [2.75, 3.05) is 18.1 Å². The van der Waals surface area contributed by atoms with Crippen LogP contribution in [0, 0.1) is 16.0 Å². The van der Waals surface area contributed by atoms with E-state index in [1.54, 1.807) is 24.0 Å². The molecule has 0 radical (unpaired) electrons. The van der Waals surface area contributed by atoms with Gasteiger partial charge in [0, 0.05) is 18.7 Å². The Morgan fingerprint density at radius 3 is 2.69 bits per heavy atom. The number of fused-ring (bicyclic) bond motifs is 3. The van der Waals surface area contributed by atoms with Crippen LogP contribution in [0.1, 0.15) is 38.3 Å². The molecule has 1 aromatic heterocycles. The predicted octanol–water partition coefficient (Wildman–Crippen LogP) is 3.86. The summed E-state index contributed by atoms with van der Waals surface area (Å²) in [6.45, 7) is 4.24. The number of non-ortho nitro benzene ring substituents is 1. The molecule has 0 bridgehead atoms. The first-order valence-corrected chi connectivity index (χ1v) is 10.7. The third-order valence-electron chi connectivity index (χ3n) is 5.64. The van der Waals surface area contributed by atoms with Gasteiger partial charge in [0.15, 0.2) is 5.92 Å². The van der Waals surface area contributed by atoms with E-state index in [1.807, 2.05) is 35.8 Å². The van der Waals surface area contributed by atoms with Crippen molar-refractivity contribution >= 4 is 34.5 Å². The second kappa shape index (κ2) is 8.78. The number of rotatable bonds is 7. The molecule has 0 N–H and O–H groups in total. The van der Waals surface area contributed by atoms with Crippen molar-refractivity contribution in [1.29, 1.82) is 0 Å². The van der Waals surface area contributed by atoms with Gasteiger partial charge in [0.2, 0.25) is 11.9 Å². The smallest absolute Gasteiger partial charge is 0.321 e. The molecule has 0 aliphatic carbocycles. The first kappa shape index (κ1) is 21.5. The molecule has 0 saturated heterocycles. The van der Waals surface area contributed by atoms with Crippen LogP contribution in [0.4, 0.5) is 11.6 Å². The van der Waals surface area contributed by atoms with Crippen LogP contribution in [0.5, 0.6) is 0 Å². The summed E-state index contributed by atoms with van der Waals surface area (Å²) in [5.41, 5.74) is 1.78. The number of nitro groups is 1. The summed E-state index contributed by atoms with van der Waals surface area (Å²) in [6.07, 6.45) is 1.61. The topological polar surface area (TPSA) is 108 Å². The van der Waals surface area contributed by atoms with Crippen LogP contribution in [0.2, 0.25) is 0 Å². The second-order valence-corrected chi connectivity index (χ2v) is 7.64. The van der Waals surface area contributed by atoms with Gasteiger partial charge < -0.3 is 9.30 Å². The van der Waals surface area contributed by atoms with E-state index in [2.05, 4.69) is 0 Å². The lowest BCUT2D eigenvalue weighted by Gasteiger charge is -2.37. The lowest BCUT2D eigenvalue weighted by atomic mass is 9.89. The Hall–Kier alpha value is -3.75. The number of benzene rings is 2. The van der Waals surface area contributed by atoms with Crippen LogP contribution in [0.3, 0.4) is 0 Å². The van der Waals surface area contributed by atoms with Crippen molar-refractivity contribution in [2.24, 2.45) is 5.92 Å². The highest BCUT2D eigenvalue weighted by Crippen LogP contribution is 2.42. The van der Waals surface area contributed by atoms with E-state index in [0.29, 0.717) is 23.6 Å². The molecule has 0 spiro atoms. The predicted molar refractivity (Wildman–Crippen MR) is 118 cm³/mol. The van der Waals surface area contributed by atoms with Crippen molar-refractivity contribution in [3.63, 3.8) is 0 Å². The third kappa shape index (κ3) is 3.59. The molecule has 1 aliphatic heterocycles. The Kier molecular flexibility index (Phi) is 5.89. The fourth-order valence-electron chi connectivity index (χ4n) is 4.20. The highest BCUT2D eigenvalue weighted by Gasteiger charge is 2.47. The maximum atomic E-state index is 13.6. The molecule has 9 nitrogen and oxygen atoms in total. The number of nitrogens with zero attached hydrogens (tertiary/aromatic N) is 4. The number of anilines is 1. The first-order chi connectivity index (χ1) is 15.5. The summed E-state index contributed by atoms with van der Waals surface area (Å²) < 4.78 is 7.12. The quantitative estimate of drug-likeness (QED) is 0.241. The number of esters is 1. The van der Waals surface area contributed by atoms with Crippen molar-refractivity contribution in [3.8, 4) is 0 Å². The van der Waals surface area contributed by atoms with Gasteiger partial charge in [0.05, 0.1) is 28.6 Å². The molecule has 2 aromatic carbocycles. The van der Waals surface area contributed by atoms with Crippen LogP contribution in [-0.2, 0) is 14.3 Å². The summed E-state index contributed by atoms with van der Waals surface area (Å²) in [5.74, 6) is -1.81. The molecule has 0 saturated carbocycles. The van der Waals surface area contributed by atoms with Gasteiger partial charge in [0.25, 0.3) is 5.69 Å². The van der Waals surface area contributed by atoms with Gasteiger partial charge in [-0.2, -0.15) is 0 Å². The summed E-state index contributed by atoms with van der Waals surface area (Å²) in [4.78, 5) is 43.8. The largest absolute Gasteiger partial charge is 0.465 e. The molecule has 0 unspecified atom stereocenters. The molecule has 32 heavy (non-hydrogen) atoms. The fraction of sp³-hybridized carbons (Fsp3) is 0.348. The van der Waals surface area contributed by atoms with E-state index in [9.17, 15) is 19.7 Å². The third-order valence-corrected chi connectivity index (χ3v) is 5.64. The normalized spacial score (nSPS) is 17.9. The summed E-state index contributed by atoms with van der Waals surface area (Å²) >= 11 is 0. The van der Waals surface area contributed by atoms with E-state index in [-0.39, 0.29) is 12.3 Å². The average Bonchev–Trinajstić information content (AvgIpc) is 3.17. The highest BCUT2D eigenvalue weighted by atomic mass is 16.6. The van der Waals surface area contributed by atoms with E-state index in [1.165, 1.54) is 12.1 Å². The van der Waals surface area contributed by atoms with Crippen LogP contribution < -0.4 is 4.90 Å². The molecule has 3 aromatic rings. The zero-order chi connectivity index (χ0) is 22.8. The molecule has 2 atom stereocenters. The monoisotopic (exact) mass is 436 g/mol. The van der Waals surface area contributed by atoms with E-state index in [4.69, 9.17) is 9.72 Å². The fourth-order valence-corrected chi connectivity index (χ4v) is 4.20.